The first kappa shape index (κ1) is 19.7. The van der Waals surface area contributed by atoms with Crippen LogP contribution in [0.4, 0.5) is 0 Å². The molecule has 30 heavy (non-hydrogen) atoms. The van der Waals surface area contributed by atoms with Crippen LogP contribution in [-0.2, 0) is 0 Å². The highest BCUT2D eigenvalue weighted by atomic mass is 35.5. The Labute approximate surface area is 180 Å². The van der Waals surface area contributed by atoms with Gasteiger partial charge in [-0.15, -0.1) is 0 Å². The predicted molar refractivity (Wildman–Crippen MR) is 120 cm³/mol. The van der Waals surface area contributed by atoms with Gasteiger partial charge in [-0.1, -0.05) is 41.9 Å². The molecule has 0 atom stereocenters. The zero-order valence-electron chi connectivity index (χ0n) is 16.3. The van der Waals surface area contributed by atoms with Gasteiger partial charge in [0.15, 0.2) is 5.78 Å². The molecule has 0 aliphatic carbocycles. The number of carbonyl (C=O) groups is 1. The number of nitrogens with zero attached hydrogens (tertiary/aromatic N) is 2. The summed E-state index contributed by atoms with van der Waals surface area (Å²) in [6.07, 6.45) is 5.27. The second-order valence-corrected chi connectivity index (χ2v) is 7.08. The maximum atomic E-state index is 12.6. The molecule has 0 aliphatic heterocycles. The van der Waals surface area contributed by atoms with Crippen molar-refractivity contribution in [2.75, 3.05) is 7.11 Å². The molecule has 0 fully saturated rings. The lowest BCUT2D eigenvalue weighted by Gasteiger charge is -2.03. The monoisotopic (exact) mass is 414 g/mol. The number of ether oxygens (including phenoxy) is 1. The topological polar surface area (TPSA) is 44.1 Å². The Morgan fingerprint density at radius 3 is 2.33 bits per heavy atom. The number of carbonyl (C=O) groups excluding carboxylic acids is 1. The fourth-order valence-corrected chi connectivity index (χ4v) is 3.20. The Hall–Kier alpha value is -3.63. The van der Waals surface area contributed by atoms with E-state index in [9.17, 15) is 4.79 Å². The highest BCUT2D eigenvalue weighted by molar-refractivity contribution is 6.30. The lowest BCUT2D eigenvalue weighted by molar-refractivity contribution is 0.104. The highest BCUT2D eigenvalue weighted by Crippen LogP contribution is 2.25. The van der Waals surface area contributed by atoms with E-state index in [1.165, 1.54) is 0 Å². The summed E-state index contributed by atoms with van der Waals surface area (Å²) >= 11 is 5.91. The Kier molecular flexibility index (Phi) is 5.77. The SMILES string of the molecule is COc1ccc(-n2cc(/C=C/C(=O)c3ccc(Cl)cc3)c(-c3ccccc3)n2)cc1. The van der Waals surface area contributed by atoms with Gasteiger partial charge < -0.3 is 4.74 Å². The van der Waals surface area contributed by atoms with Crippen LogP contribution in [-0.4, -0.2) is 22.7 Å². The van der Waals surface area contributed by atoms with Gasteiger partial charge in [0, 0.05) is 27.9 Å². The van der Waals surface area contributed by atoms with Gasteiger partial charge >= 0.3 is 0 Å². The molecule has 0 saturated heterocycles. The van der Waals surface area contributed by atoms with Crippen molar-refractivity contribution in [2.24, 2.45) is 0 Å². The third-order valence-corrected chi connectivity index (χ3v) is 4.92. The first-order chi connectivity index (χ1) is 14.6. The molecule has 4 rings (SSSR count). The van der Waals surface area contributed by atoms with E-state index < -0.39 is 0 Å². The van der Waals surface area contributed by atoms with Crippen LogP contribution in [0.5, 0.6) is 5.75 Å². The van der Waals surface area contributed by atoms with Gasteiger partial charge in [0.25, 0.3) is 0 Å². The second-order valence-electron chi connectivity index (χ2n) is 6.65. The molecule has 0 spiro atoms. The lowest BCUT2D eigenvalue weighted by Crippen LogP contribution is -1.94. The van der Waals surface area contributed by atoms with E-state index in [0.717, 1.165) is 28.3 Å². The number of hydrogen-bond acceptors (Lipinski definition) is 3. The number of methoxy groups -OCH3 is 1. The first-order valence-electron chi connectivity index (χ1n) is 9.41. The van der Waals surface area contributed by atoms with Crippen LogP contribution >= 0.6 is 11.6 Å². The minimum absolute atomic E-state index is 0.0946. The van der Waals surface area contributed by atoms with Crippen molar-refractivity contribution in [1.82, 2.24) is 9.78 Å². The molecular formula is C25H19ClN2O2. The van der Waals surface area contributed by atoms with E-state index in [4.69, 9.17) is 21.4 Å². The van der Waals surface area contributed by atoms with Gasteiger partial charge in [-0.25, -0.2) is 4.68 Å². The Morgan fingerprint density at radius 1 is 0.967 bits per heavy atom. The number of aromatic nitrogens is 2. The van der Waals surface area contributed by atoms with Crippen LogP contribution in [0.2, 0.25) is 5.02 Å². The first-order valence-corrected chi connectivity index (χ1v) is 9.79. The fraction of sp³-hybridized carbons (Fsp3) is 0.0400. The molecule has 0 N–H and O–H groups in total. The largest absolute Gasteiger partial charge is 0.497 e. The number of hydrogen-bond donors (Lipinski definition) is 0. The maximum absolute atomic E-state index is 12.6. The van der Waals surface area contributed by atoms with Gasteiger partial charge in [0.1, 0.15) is 5.75 Å². The zero-order chi connectivity index (χ0) is 20.9. The third kappa shape index (κ3) is 4.34. The van der Waals surface area contributed by atoms with Gasteiger partial charge in [0.05, 0.1) is 18.5 Å². The number of allylic oxidation sites excluding steroid dienone is 1. The summed E-state index contributed by atoms with van der Waals surface area (Å²) in [6, 6.07) is 24.4. The Balaban J connectivity index is 1.70. The number of benzene rings is 3. The van der Waals surface area contributed by atoms with Crippen LogP contribution in [0, 0.1) is 0 Å². The summed E-state index contributed by atoms with van der Waals surface area (Å²) in [5.74, 6) is 0.686. The van der Waals surface area contributed by atoms with E-state index in [1.807, 2.05) is 60.8 Å². The van der Waals surface area contributed by atoms with Gasteiger partial charge in [0.2, 0.25) is 0 Å². The molecule has 1 aromatic heterocycles. The van der Waals surface area contributed by atoms with Crippen molar-refractivity contribution >= 4 is 23.5 Å². The van der Waals surface area contributed by atoms with E-state index in [1.54, 1.807) is 48.2 Å². The van der Waals surface area contributed by atoms with E-state index in [-0.39, 0.29) is 5.78 Å². The highest BCUT2D eigenvalue weighted by Gasteiger charge is 2.11. The molecule has 0 bridgehead atoms. The second kappa shape index (κ2) is 8.80. The molecule has 0 amide bonds. The maximum Gasteiger partial charge on any atom is 0.185 e. The molecule has 0 radical (unpaired) electrons. The predicted octanol–water partition coefficient (Wildman–Crippen LogP) is 6.10. The molecule has 5 heteroatoms. The summed E-state index contributed by atoms with van der Waals surface area (Å²) in [4.78, 5) is 12.6. The van der Waals surface area contributed by atoms with Crippen molar-refractivity contribution in [3.8, 4) is 22.7 Å². The molecule has 0 aliphatic rings. The summed E-state index contributed by atoms with van der Waals surface area (Å²) in [6.45, 7) is 0. The van der Waals surface area contributed by atoms with Crippen molar-refractivity contribution in [1.29, 1.82) is 0 Å². The Morgan fingerprint density at radius 2 is 1.67 bits per heavy atom. The van der Waals surface area contributed by atoms with Crippen LogP contribution in [0.15, 0.2) is 91.1 Å². The molecule has 0 unspecified atom stereocenters. The normalized spacial score (nSPS) is 11.0. The van der Waals surface area contributed by atoms with Crippen LogP contribution in [0.25, 0.3) is 23.0 Å². The minimum Gasteiger partial charge on any atom is -0.497 e. The minimum atomic E-state index is -0.0946. The lowest BCUT2D eigenvalue weighted by atomic mass is 10.1. The van der Waals surface area contributed by atoms with Gasteiger partial charge in [-0.2, -0.15) is 5.10 Å². The average molecular weight is 415 g/mol. The van der Waals surface area contributed by atoms with Crippen molar-refractivity contribution in [3.05, 3.63) is 107 Å². The van der Waals surface area contributed by atoms with Crippen molar-refractivity contribution < 1.29 is 9.53 Å². The standard InChI is InChI=1S/C25H19ClN2O2/c1-30-23-14-12-22(13-15-23)28-17-20(25(27-28)19-5-3-2-4-6-19)9-16-24(29)18-7-10-21(26)11-8-18/h2-17H,1H3/b16-9+. The average Bonchev–Trinajstić information content (AvgIpc) is 3.23. The molecular weight excluding hydrogens is 396 g/mol. The number of ketones is 1. The van der Waals surface area contributed by atoms with Gasteiger partial charge in [-0.05, 0) is 60.7 Å². The van der Waals surface area contributed by atoms with Crippen LogP contribution in [0.3, 0.4) is 0 Å². The molecule has 4 nitrogen and oxygen atoms in total. The summed E-state index contributed by atoms with van der Waals surface area (Å²) in [5, 5.41) is 5.36. The van der Waals surface area contributed by atoms with Crippen molar-refractivity contribution in [2.45, 2.75) is 0 Å². The Bertz CT molecular complexity index is 1180. The summed E-state index contributed by atoms with van der Waals surface area (Å²) in [5.41, 5.74) is 4.10. The molecule has 1 heterocycles. The molecule has 3 aromatic carbocycles. The van der Waals surface area contributed by atoms with E-state index in [0.29, 0.717) is 10.6 Å². The molecule has 0 saturated carbocycles. The van der Waals surface area contributed by atoms with Crippen LogP contribution < -0.4 is 4.74 Å². The summed E-state index contributed by atoms with van der Waals surface area (Å²) in [7, 11) is 1.64. The van der Waals surface area contributed by atoms with E-state index in [2.05, 4.69) is 0 Å². The van der Waals surface area contributed by atoms with E-state index >= 15 is 0 Å². The molecule has 4 aromatic rings. The summed E-state index contributed by atoms with van der Waals surface area (Å²) < 4.78 is 7.03. The third-order valence-electron chi connectivity index (χ3n) is 4.67. The zero-order valence-corrected chi connectivity index (χ0v) is 17.1. The van der Waals surface area contributed by atoms with Gasteiger partial charge in [-0.3, -0.25) is 4.79 Å². The van der Waals surface area contributed by atoms with Crippen molar-refractivity contribution in [3.63, 3.8) is 0 Å². The smallest absolute Gasteiger partial charge is 0.185 e. The van der Waals surface area contributed by atoms with Crippen LogP contribution in [0.1, 0.15) is 15.9 Å². The fourth-order valence-electron chi connectivity index (χ4n) is 3.07. The molecule has 148 valence electrons. The quantitative estimate of drug-likeness (QED) is 0.283. The number of halogens is 1. The number of rotatable bonds is 6.